The Labute approximate surface area is 96.9 Å². The zero-order valence-corrected chi connectivity index (χ0v) is 10.0. The highest BCUT2D eigenvalue weighted by Gasteiger charge is 2.26. The largest absolute Gasteiger partial charge is 0.468 e. The SMILES string of the molecule is CC1=CCN(C(c2ccco2)C(C)N)CC1. The molecule has 2 rings (SSSR count). The van der Waals surface area contributed by atoms with Gasteiger partial charge in [-0.15, -0.1) is 0 Å². The van der Waals surface area contributed by atoms with E-state index in [1.54, 1.807) is 6.26 Å². The summed E-state index contributed by atoms with van der Waals surface area (Å²) in [6, 6.07) is 4.21. The van der Waals surface area contributed by atoms with Crippen molar-refractivity contribution < 1.29 is 4.42 Å². The topological polar surface area (TPSA) is 42.4 Å². The average Bonchev–Trinajstić information content (AvgIpc) is 2.74. The molecule has 3 heteroatoms. The second-order valence-electron chi connectivity index (χ2n) is 4.61. The van der Waals surface area contributed by atoms with E-state index < -0.39 is 0 Å². The van der Waals surface area contributed by atoms with Crippen LogP contribution in [-0.2, 0) is 0 Å². The molecule has 0 aromatic carbocycles. The van der Waals surface area contributed by atoms with Crippen molar-refractivity contribution in [3.63, 3.8) is 0 Å². The molecule has 2 heterocycles. The first-order valence-electron chi connectivity index (χ1n) is 5.87. The molecule has 1 aromatic rings. The van der Waals surface area contributed by atoms with Crippen LogP contribution in [0.2, 0.25) is 0 Å². The molecule has 0 amide bonds. The number of furan rings is 1. The Bertz CT molecular complexity index is 354. The fourth-order valence-electron chi connectivity index (χ4n) is 2.27. The fraction of sp³-hybridized carbons (Fsp3) is 0.538. The van der Waals surface area contributed by atoms with Gasteiger partial charge < -0.3 is 10.2 Å². The van der Waals surface area contributed by atoms with Crippen LogP contribution in [0.15, 0.2) is 34.5 Å². The van der Waals surface area contributed by atoms with Crippen LogP contribution in [0.5, 0.6) is 0 Å². The summed E-state index contributed by atoms with van der Waals surface area (Å²) in [4.78, 5) is 2.39. The summed E-state index contributed by atoms with van der Waals surface area (Å²) in [6.45, 7) is 6.26. The lowest BCUT2D eigenvalue weighted by molar-refractivity contribution is 0.166. The van der Waals surface area contributed by atoms with Gasteiger partial charge in [0.25, 0.3) is 0 Å². The second-order valence-corrected chi connectivity index (χ2v) is 4.61. The molecule has 0 spiro atoms. The Morgan fingerprint density at radius 3 is 2.81 bits per heavy atom. The predicted molar refractivity (Wildman–Crippen MR) is 65.0 cm³/mol. The number of hydrogen-bond donors (Lipinski definition) is 1. The Kier molecular flexibility index (Phi) is 3.46. The Balaban J connectivity index is 2.15. The maximum Gasteiger partial charge on any atom is 0.122 e. The first-order chi connectivity index (χ1) is 7.68. The van der Waals surface area contributed by atoms with Crippen molar-refractivity contribution in [2.75, 3.05) is 13.1 Å². The number of rotatable bonds is 3. The van der Waals surface area contributed by atoms with Crippen molar-refractivity contribution >= 4 is 0 Å². The molecule has 2 atom stereocenters. The summed E-state index contributed by atoms with van der Waals surface area (Å²) in [5.41, 5.74) is 7.54. The van der Waals surface area contributed by atoms with Crippen molar-refractivity contribution in [1.82, 2.24) is 4.90 Å². The van der Waals surface area contributed by atoms with Crippen LogP contribution in [-0.4, -0.2) is 24.0 Å². The van der Waals surface area contributed by atoms with Crippen LogP contribution < -0.4 is 5.73 Å². The molecule has 16 heavy (non-hydrogen) atoms. The molecule has 2 N–H and O–H groups in total. The Morgan fingerprint density at radius 2 is 2.31 bits per heavy atom. The van der Waals surface area contributed by atoms with Gasteiger partial charge in [-0.3, -0.25) is 4.90 Å². The molecule has 1 aliphatic heterocycles. The third-order valence-electron chi connectivity index (χ3n) is 3.19. The minimum Gasteiger partial charge on any atom is -0.468 e. The first kappa shape index (κ1) is 11.4. The minimum atomic E-state index is 0.0814. The number of hydrogen-bond acceptors (Lipinski definition) is 3. The van der Waals surface area contributed by atoms with Crippen molar-refractivity contribution in [3.8, 4) is 0 Å². The van der Waals surface area contributed by atoms with Crippen LogP contribution in [0, 0.1) is 0 Å². The van der Waals surface area contributed by atoms with E-state index in [1.165, 1.54) is 5.57 Å². The summed E-state index contributed by atoms with van der Waals surface area (Å²) in [5.74, 6) is 0.975. The van der Waals surface area contributed by atoms with Crippen LogP contribution in [0.1, 0.15) is 32.1 Å². The lowest BCUT2D eigenvalue weighted by atomic mass is 10.0. The quantitative estimate of drug-likeness (QED) is 0.795. The van der Waals surface area contributed by atoms with E-state index in [0.717, 1.165) is 25.3 Å². The maximum atomic E-state index is 6.07. The van der Waals surface area contributed by atoms with Gasteiger partial charge in [0.05, 0.1) is 12.3 Å². The van der Waals surface area contributed by atoms with Crippen molar-refractivity contribution in [1.29, 1.82) is 0 Å². The van der Waals surface area contributed by atoms with Crippen LogP contribution in [0.4, 0.5) is 0 Å². The second kappa shape index (κ2) is 4.85. The fourth-order valence-corrected chi connectivity index (χ4v) is 2.27. The van der Waals surface area contributed by atoms with Gasteiger partial charge in [-0.1, -0.05) is 11.6 Å². The smallest absolute Gasteiger partial charge is 0.122 e. The molecule has 2 unspecified atom stereocenters. The third kappa shape index (κ3) is 2.36. The predicted octanol–water partition coefficient (Wildman–Crippen LogP) is 2.32. The molecule has 0 saturated heterocycles. The normalized spacial score (nSPS) is 21.6. The van der Waals surface area contributed by atoms with Crippen LogP contribution >= 0.6 is 0 Å². The van der Waals surface area contributed by atoms with E-state index in [9.17, 15) is 0 Å². The standard InChI is InChI=1S/C13H20N2O/c1-10-5-7-15(8-6-10)13(11(2)14)12-4-3-9-16-12/h3-5,9,11,13H,6-8,14H2,1-2H3. The van der Waals surface area contributed by atoms with E-state index in [2.05, 4.69) is 17.9 Å². The summed E-state index contributed by atoms with van der Waals surface area (Å²) in [7, 11) is 0. The molecule has 0 saturated carbocycles. The molecule has 3 nitrogen and oxygen atoms in total. The van der Waals surface area contributed by atoms with Gasteiger partial charge in [0.1, 0.15) is 5.76 Å². The summed E-state index contributed by atoms with van der Waals surface area (Å²) in [5, 5.41) is 0. The lowest BCUT2D eigenvalue weighted by Gasteiger charge is -2.34. The zero-order valence-electron chi connectivity index (χ0n) is 10.0. The molecule has 1 aromatic heterocycles. The van der Waals surface area contributed by atoms with Gasteiger partial charge in [0.2, 0.25) is 0 Å². The third-order valence-corrected chi connectivity index (χ3v) is 3.19. The van der Waals surface area contributed by atoms with Crippen molar-refractivity contribution in [3.05, 3.63) is 35.8 Å². The van der Waals surface area contributed by atoms with Crippen LogP contribution in [0.25, 0.3) is 0 Å². The van der Waals surface area contributed by atoms with E-state index in [4.69, 9.17) is 10.2 Å². The van der Waals surface area contributed by atoms with Gasteiger partial charge in [-0.25, -0.2) is 0 Å². The molecule has 88 valence electrons. The highest BCUT2D eigenvalue weighted by molar-refractivity contribution is 5.11. The summed E-state index contributed by atoms with van der Waals surface area (Å²) in [6.07, 6.45) is 5.13. The molecular formula is C13H20N2O. The molecule has 1 aliphatic rings. The molecular weight excluding hydrogens is 200 g/mol. The highest BCUT2D eigenvalue weighted by Crippen LogP contribution is 2.26. The lowest BCUT2D eigenvalue weighted by Crippen LogP contribution is -2.41. The minimum absolute atomic E-state index is 0.0814. The van der Waals surface area contributed by atoms with Gasteiger partial charge in [0, 0.05) is 19.1 Å². The van der Waals surface area contributed by atoms with Gasteiger partial charge in [-0.2, -0.15) is 0 Å². The van der Waals surface area contributed by atoms with Crippen molar-refractivity contribution in [2.45, 2.75) is 32.4 Å². The van der Waals surface area contributed by atoms with Gasteiger partial charge in [-0.05, 0) is 32.4 Å². The summed E-state index contributed by atoms with van der Waals surface area (Å²) < 4.78 is 5.49. The molecule has 0 fully saturated rings. The first-order valence-corrected chi connectivity index (χ1v) is 5.87. The maximum absolute atomic E-state index is 6.07. The van der Waals surface area contributed by atoms with E-state index in [0.29, 0.717) is 0 Å². The highest BCUT2D eigenvalue weighted by atomic mass is 16.3. The molecule has 0 radical (unpaired) electrons. The van der Waals surface area contributed by atoms with Crippen molar-refractivity contribution in [2.24, 2.45) is 5.73 Å². The average molecular weight is 220 g/mol. The number of nitrogens with zero attached hydrogens (tertiary/aromatic N) is 1. The Morgan fingerprint density at radius 1 is 1.50 bits per heavy atom. The van der Waals surface area contributed by atoms with E-state index >= 15 is 0 Å². The summed E-state index contributed by atoms with van der Waals surface area (Å²) >= 11 is 0. The van der Waals surface area contributed by atoms with Gasteiger partial charge in [0.15, 0.2) is 0 Å². The van der Waals surface area contributed by atoms with E-state index in [-0.39, 0.29) is 12.1 Å². The zero-order chi connectivity index (χ0) is 11.5. The molecule has 0 bridgehead atoms. The molecule has 0 aliphatic carbocycles. The van der Waals surface area contributed by atoms with Crippen LogP contribution in [0.3, 0.4) is 0 Å². The van der Waals surface area contributed by atoms with Gasteiger partial charge >= 0.3 is 0 Å². The monoisotopic (exact) mass is 220 g/mol. The van der Waals surface area contributed by atoms with E-state index in [1.807, 2.05) is 19.1 Å². The number of nitrogens with two attached hydrogens (primary N) is 1. The Hall–Kier alpha value is -1.06.